The number of rotatable bonds is 1. The van der Waals surface area contributed by atoms with Gasteiger partial charge in [-0.2, -0.15) is 13.2 Å². The van der Waals surface area contributed by atoms with E-state index in [1.807, 2.05) is 13.8 Å². The van der Waals surface area contributed by atoms with Crippen molar-refractivity contribution in [3.8, 4) is 0 Å². The zero-order valence-electron chi connectivity index (χ0n) is 11.1. The minimum atomic E-state index is -4.22. The van der Waals surface area contributed by atoms with Gasteiger partial charge in [-0.25, -0.2) is 0 Å². The molecule has 2 rings (SSSR count). The molecule has 0 atom stereocenters. The van der Waals surface area contributed by atoms with Gasteiger partial charge in [0.1, 0.15) is 0 Å². The Labute approximate surface area is 107 Å². The fourth-order valence-corrected chi connectivity index (χ4v) is 2.38. The molecule has 0 aromatic heterocycles. The molecule has 1 aliphatic carbocycles. The predicted molar refractivity (Wildman–Crippen MR) is 68.6 cm³/mol. The Morgan fingerprint density at radius 1 is 0.889 bits per heavy atom. The van der Waals surface area contributed by atoms with Gasteiger partial charge in [0.2, 0.25) is 0 Å². The minimum absolute atomic E-state index is 0.469. The van der Waals surface area contributed by atoms with E-state index in [9.17, 15) is 13.2 Å². The second-order valence-electron chi connectivity index (χ2n) is 4.45. The van der Waals surface area contributed by atoms with Crippen molar-refractivity contribution in [1.29, 1.82) is 0 Å². The molecular weight excluding hydrogens is 237 g/mol. The first kappa shape index (κ1) is 15.1. The van der Waals surface area contributed by atoms with Crippen LogP contribution in [0.15, 0.2) is 24.3 Å². The molecule has 0 N–H and O–H groups in total. The molecule has 1 aromatic rings. The summed E-state index contributed by atoms with van der Waals surface area (Å²) in [4.78, 5) is 0. The molecule has 1 fully saturated rings. The van der Waals surface area contributed by atoms with Crippen molar-refractivity contribution in [3.63, 3.8) is 0 Å². The Morgan fingerprint density at radius 3 is 1.83 bits per heavy atom. The molecule has 0 nitrogen and oxygen atoms in total. The average molecular weight is 258 g/mol. The minimum Gasteiger partial charge on any atom is -0.166 e. The predicted octanol–water partition coefficient (Wildman–Crippen LogP) is 5.78. The maximum Gasteiger partial charge on any atom is 0.416 e. The van der Waals surface area contributed by atoms with E-state index in [4.69, 9.17) is 0 Å². The topological polar surface area (TPSA) is 0 Å². The number of alkyl halides is 3. The third-order valence-electron chi connectivity index (χ3n) is 3.31. The van der Waals surface area contributed by atoms with Gasteiger partial charge in [0.05, 0.1) is 5.56 Å². The highest BCUT2D eigenvalue weighted by Crippen LogP contribution is 2.34. The van der Waals surface area contributed by atoms with E-state index in [0.29, 0.717) is 5.92 Å². The second-order valence-corrected chi connectivity index (χ2v) is 4.45. The van der Waals surface area contributed by atoms with Crippen LogP contribution in [0.3, 0.4) is 0 Å². The third-order valence-corrected chi connectivity index (χ3v) is 3.31. The van der Waals surface area contributed by atoms with Crippen LogP contribution in [0, 0.1) is 0 Å². The highest BCUT2D eigenvalue weighted by Gasteiger charge is 2.30. The summed E-state index contributed by atoms with van der Waals surface area (Å²) in [6.45, 7) is 4.00. The van der Waals surface area contributed by atoms with Crippen LogP contribution >= 0.6 is 0 Å². The van der Waals surface area contributed by atoms with Gasteiger partial charge in [0, 0.05) is 0 Å². The Bertz CT molecular complexity index is 332. The van der Waals surface area contributed by atoms with Crippen molar-refractivity contribution in [2.45, 2.75) is 58.0 Å². The van der Waals surface area contributed by atoms with Gasteiger partial charge >= 0.3 is 6.18 Å². The summed E-state index contributed by atoms with van der Waals surface area (Å²) in [5, 5.41) is 0. The normalized spacial score (nSPS) is 16.9. The molecule has 1 aliphatic rings. The fraction of sp³-hybridized carbons (Fsp3) is 0.600. The molecule has 0 spiro atoms. The molecular formula is C15H21F3. The lowest BCUT2D eigenvalue weighted by atomic mass is 9.84. The molecule has 1 aromatic carbocycles. The summed E-state index contributed by atoms with van der Waals surface area (Å²) in [6.07, 6.45) is 1.68. The summed E-state index contributed by atoms with van der Waals surface area (Å²) >= 11 is 0. The van der Waals surface area contributed by atoms with Crippen molar-refractivity contribution < 1.29 is 13.2 Å². The smallest absolute Gasteiger partial charge is 0.166 e. The molecule has 0 heterocycles. The van der Waals surface area contributed by atoms with Crippen molar-refractivity contribution >= 4 is 0 Å². The zero-order chi connectivity index (χ0) is 13.6. The van der Waals surface area contributed by atoms with Crippen LogP contribution in [0.2, 0.25) is 0 Å². The largest absolute Gasteiger partial charge is 0.416 e. The Hall–Kier alpha value is -0.990. The van der Waals surface area contributed by atoms with Crippen LogP contribution in [-0.2, 0) is 6.18 Å². The van der Waals surface area contributed by atoms with Crippen molar-refractivity contribution in [2.75, 3.05) is 0 Å². The molecule has 3 heteroatoms. The van der Waals surface area contributed by atoms with Gasteiger partial charge in [0.25, 0.3) is 0 Å². The third kappa shape index (κ3) is 4.04. The summed E-state index contributed by atoms with van der Waals surface area (Å²) in [5.74, 6) is 0.469. The molecule has 0 aliphatic heterocycles. The van der Waals surface area contributed by atoms with Gasteiger partial charge in [-0.3, -0.25) is 0 Å². The lowest BCUT2D eigenvalue weighted by Gasteiger charge is -2.22. The highest BCUT2D eigenvalue weighted by molar-refractivity contribution is 5.27. The van der Waals surface area contributed by atoms with E-state index in [1.165, 1.54) is 31.4 Å². The van der Waals surface area contributed by atoms with Crippen molar-refractivity contribution in [2.24, 2.45) is 0 Å². The van der Waals surface area contributed by atoms with Crippen LogP contribution < -0.4 is 0 Å². The van der Waals surface area contributed by atoms with Gasteiger partial charge < -0.3 is 0 Å². The van der Waals surface area contributed by atoms with E-state index in [0.717, 1.165) is 18.4 Å². The maximum atomic E-state index is 12.4. The highest BCUT2D eigenvalue weighted by atomic mass is 19.4. The van der Waals surface area contributed by atoms with Crippen LogP contribution in [0.25, 0.3) is 0 Å². The molecule has 18 heavy (non-hydrogen) atoms. The first-order valence-corrected chi connectivity index (χ1v) is 6.74. The average Bonchev–Trinajstić information content (AvgIpc) is 2.41. The van der Waals surface area contributed by atoms with Gasteiger partial charge in [0.15, 0.2) is 0 Å². The molecule has 0 radical (unpaired) electrons. The molecule has 102 valence electrons. The summed E-state index contributed by atoms with van der Waals surface area (Å²) in [5.41, 5.74) is 0.514. The molecule has 0 unspecified atom stereocenters. The van der Waals surface area contributed by atoms with Crippen LogP contribution in [0.5, 0.6) is 0 Å². The fourth-order valence-electron chi connectivity index (χ4n) is 2.38. The zero-order valence-corrected chi connectivity index (χ0v) is 11.1. The number of benzene rings is 1. The summed E-state index contributed by atoms with van der Waals surface area (Å²) in [6, 6.07) is 5.67. The Morgan fingerprint density at radius 2 is 1.39 bits per heavy atom. The maximum absolute atomic E-state index is 12.4. The van der Waals surface area contributed by atoms with Crippen LogP contribution in [0.4, 0.5) is 13.2 Å². The van der Waals surface area contributed by atoms with Gasteiger partial charge in [-0.1, -0.05) is 45.2 Å². The van der Waals surface area contributed by atoms with Crippen LogP contribution in [0.1, 0.15) is 63.0 Å². The van der Waals surface area contributed by atoms with Gasteiger partial charge in [-0.15, -0.1) is 0 Å². The lowest BCUT2D eigenvalue weighted by molar-refractivity contribution is -0.137. The summed E-state index contributed by atoms with van der Waals surface area (Å²) in [7, 11) is 0. The van der Waals surface area contributed by atoms with Crippen LogP contribution in [-0.4, -0.2) is 0 Å². The molecule has 0 saturated heterocycles. The Kier molecular flexibility index (Phi) is 5.70. The number of halogens is 3. The van der Waals surface area contributed by atoms with E-state index in [-0.39, 0.29) is 0 Å². The first-order chi connectivity index (χ1) is 8.57. The monoisotopic (exact) mass is 258 g/mol. The van der Waals surface area contributed by atoms with Gasteiger partial charge in [-0.05, 0) is 36.5 Å². The standard InChI is InChI=1S/C13H15F3.C2H6/c14-13(15,16)12-8-6-11(7-9-12)10-4-2-1-3-5-10;1-2/h6-10H,1-5H2;1-2H3. The second kappa shape index (κ2) is 6.81. The quantitative estimate of drug-likeness (QED) is 0.599. The van der Waals surface area contributed by atoms with E-state index < -0.39 is 11.7 Å². The number of hydrogen-bond donors (Lipinski definition) is 0. The van der Waals surface area contributed by atoms with Crippen molar-refractivity contribution in [3.05, 3.63) is 35.4 Å². The van der Waals surface area contributed by atoms with E-state index in [2.05, 4.69) is 0 Å². The number of hydrogen-bond acceptors (Lipinski definition) is 0. The Balaban J connectivity index is 0.000000771. The van der Waals surface area contributed by atoms with E-state index >= 15 is 0 Å². The SMILES string of the molecule is CC.FC(F)(F)c1ccc(C2CCCCC2)cc1. The first-order valence-electron chi connectivity index (χ1n) is 6.74. The molecule has 0 amide bonds. The summed E-state index contributed by atoms with van der Waals surface area (Å²) < 4.78 is 37.1. The lowest BCUT2D eigenvalue weighted by Crippen LogP contribution is -2.07. The van der Waals surface area contributed by atoms with Crippen molar-refractivity contribution in [1.82, 2.24) is 0 Å². The molecule has 0 bridgehead atoms. The van der Waals surface area contributed by atoms with E-state index in [1.54, 1.807) is 12.1 Å². The molecule has 1 saturated carbocycles.